The Bertz CT molecular complexity index is 268. The molecule has 1 aromatic heterocycles. The second kappa shape index (κ2) is 6.62. The van der Waals surface area contributed by atoms with Crippen molar-refractivity contribution in [3.05, 3.63) is 23.9 Å². The van der Waals surface area contributed by atoms with E-state index in [1.54, 1.807) is 6.20 Å². The van der Waals surface area contributed by atoms with E-state index in [9.17, 15) is 0 Å². The molecule has 1 heterocycles. The Morgan fingerprint density at radius 3 is 3.00 bits per heavy atom. The molecule has 0 fully saturated rings. The monoisotopic (exact) mass is 215 g/mol. The number of hydrogen-bond acceptors (Lipinski definition) is 3. The van der Waals surface area contributed by atoms with Crippen LogP contribution in [-0.2, 0) is 10.6 Å². The van der Waals surface area contributed by atoms with Crippen molar-refractivity contribution in [2.45, 2.75) is 12.8 Å². The highest BCUT2D eigenvalue weighted by Crippen LogP contribution is 2.15. The highest BCUT2D eigenvalue weighted by molar-refractivity contribution is 6.17. The molecule has 0 saturated heterocycles. The SMILES string of the molecule is CCOCCOc1ncccc1CCl. The molecule has 4 heteroatoms. The summed E-state index contributed by atoms with van der Waals surface area (Å²) in [6.45, 7) is 3.74. The quantitative estimate of drug-likeness (QED) is 0.539. The first-order valence-electron chi connectivity index (χ1n) is 4.59. The number of hydrogen-bond donors (Lipinski definition) is 0. The molecule has 1 aromatic rings. The van der Waals surface area contributed by atoms with Crippen LogP contribution in [0.5, 0.6) is 5.88 Å². The van der Waals surface area contributed by atoms with Crippen LogP contribution in [-0.4, -0.2) is 24.8 Å². The maximum Gasteiger partial charge on any atom is 0.217 e. The van der Waals surface area contributed by atoms with Gasteiger partial charge in [-0.2, -0.15) is 0 Å². The molecule has 14 heavy (non-hydrogen) atoms. The van der Waals surface area contributed by atoms with E-state index in [0.29, 0.717) is 31.6 Å². The van der Waals surface area contributed by atoms with E-state index in [0.717, 1.165) is 5.56 Å². The summed E-state index contributed by atoms with van der Waals surface area (Å²) in [6.07, 6.45) is 1.69. The van der Waals surface area contributed by atoms with Crippen molar-refractivity contribution in [3.63, 3.8) is 0 Å². The third kappa shape index (κ3) is 3.52. The van der Waals surface area contributed by atoms with Gasteiger partial charge in [0.1, 0.15) is 6.61 Å². The van der Waals surface area contributed by atoms with Crippen LogP contribution in [0.25, 0.3) is 0 Å². The number of rotatable bonds is 6. The summed E-state index contributed by atoms with van der Waals surface area (Å²) < 4.78 is 10.6. The van der Waals surface area contributed by atoms with Crippen LogP contribution in [0, 0.1) is 0 Å². The van der Waals surface area contributed by atoms with E-state index >= 15 is 0 Å². The Balaban J connectivity index is 2.41. The van der Waals surface area contributed by atoms with Crippen LogP contribution in [0.15, 0.2) is 18.3 Å². The second-order valence-corrected chi connectivity index (χ2v) is 2.91. The summed E-state index contributed by atoms with van der Waals surface area (Å²) in [5, 5.41) is 0. The summed E-state index contributed by atoms with van der Waals surface area (Å²) in [7, 11) is 0. The van der Waals surface area contributed by atoms with Crippen LogP contribution < -0.4 is 4.74 Å². The summed E-state index contributed by atoms with van der Waals surface area (Å²) >= 11 is 5.72. The lowest BCUT2D eigenvalue weighted by Gasteiger charge is -2.07. The fourth-order valence-corrected chi connectivity index (χ4v) is 1.20. The van der Waals surface area contributed by atoms with Crippen molar-refractivity contribution < 1.29 is 9.47 Å². The molecular formula is C10H14ClNO2. The zero-order chi connectivity index (χ0) is 10.2. The van der Waals surface area contributed by atoms with Gasteiger partial charge in [-0.15, -0.1) is 11.6 Å². The van der Waals surface area contributed by atoms with Crippen molar-refractivity contribution in [1.29, 1.82) is 0 Å². The minimum absolute atomic E-state index is 0.414. The molecular weight excluding hydrogens is 202 g/mol. The number of ether oxygens (including phenoxy) is 2. The fraction of sp³-hybridized carbons (Fsp3) is 0.500. The normalized spacial score (nSPS) is 10.1. The number of halogens is 1. The minimum atomic E-state index is 0.414. The van der Waals surface area contributed by atoms with Crippen LogP contribution in [0.3, 0.4) is 0 Å². The van der Waals surface area contributed by atoms with E-state index in [1.807, 2.05) is 19.1 Å². The Hall–Kier alpha value is -0.800. The van der Waals surface area contributed by atoms with Crippen molar-refractivity contribution in [3.8, 4) is 5.88 Å². The topological polar surface area (TPSA) is 31.4 Å². The van der Waals surface area contributed by atoms with Gasteiger partial charge in [0.25, 0.3) is 0 Å². The molecule has 0 aliphatic rings. The predicted molar refractivity (Wildman–Crippen MR) is 55.8 cm³/mol. The van der Waals surface area contributed by atoms with Crippen molar-refractivity contribution in [2.24, 2.45) is 0 Å². The molecule has 0 atom stereocenters. The highest BCUT2D eigenvalue weighted by Gasteiger charge is 2.02. The molecule has 0 aliphatic carbocycles. The van der Waals surface area contributed by atoms with Crippen molar-refractivity contribution in [1.82, 2.24) is 4.98 Å². The first-order valence-corrected chi connectivity index (χ1v) is 5.12. The molecule has 0 unspecified atom stereocenters. The van der Waals surface area contributed by atoms with Crippen LogP contribution >= 0.6 is 11.6 Å². The van der Waals surface area contributed by atoms with Crippen molar-refractivity contribution in [2.75, 3.05) is 19.8 Å². The summed E-state index contributed by atoms with van der Waals surface area (Å²) in [5.74, 6) is 1.01. The Morgan fingerprint density at radius 1 is 1.43 bits per heavy atom. The average molecular weight is 216 g/mol. The van der Waals surface area contributed by atoms with Gasteiger partial charge < -0.3 is 9.47 Å². The lowest BCUT2D eigenvalue weighted by atomic mass is 10.3. The number of alkyl halides is 1. The molecule has 0 N–H and O–H groups in total. The van der Waals surface area contributed by atoms with Gasteiger partial charge in [0.15, 0.2) is 0 Å². The van der Waals surface area contributed by atoms with Gasteiger partial charge in [-0.25, -0.2) is 4.98 Å². The Kier molecular flexibility index (Phi) is 5.33. The molecule has 0 aliphatic heterocycles. The molecule has 0 bridgehead atoms. The van der Waals surface area contributed by atoms with E-state index in [1.165, 1.54) is 0 Å². The Labute approximate surface area is 89.0 Å². The third-order valence-corrected chi connectivity index (χ3v) is 1.95. The van der Waals surface area contributed by atoms with Gasteiger partial charge in [-0.05, 0) is 13.0 Å². The van der Waals surface area contributed by atoms with Gasteiger partial charge in [-0.3, -0.25) is 0 Å². The zero-order valence-corrected chi connectivity index (χ0v) is 8.96. The highest BCUT2D eigenvalue weighted by atomic mass is 35.5. The van der Waals surface area contributed by atoms with E-state index in [2.05, 4.69) is 4.98 Å². The molecule has 1 rings (SSSR count). The minimum Gasteiger partial charge on any atom is -0.475 e. The molecule has 3 nitrogen and oxygen atoms in total. The van der Waals surface area contributed by atoms with Gasteiger partial charge in [-0.1, -0.05) is 6.07 Å². The molecule has 0 saturated carbocycles. The maximum absolute atomic E-state index is 5.72. The van der Waals surface area contributed by atoms with Gasteiger partial charge in [0.05, 0.1) is 12.5 Å². The van der Waals surface area contributed by atoms with Gasteiger partial charge in [0, 0.05) is 18.4 Å². The maximum atomic E-state index is 5.72. The van der Waals surface area contributed by atoms with Gasteiger partial charge in [0.2, 0.25) is 5.88 Å². The molecule has 0 aromatic carbocycles. The molecule has 78 valence electrons. The average Bonchev–Trinajstić information content (AvgIpc) is 2.25. The largest absolute Gasteiger partial charge is 0.475 e. The van der Waals surface area contributed by atoms with Crippen LogP contribution in [0.4, 0.5) is 0 Å². The predicted octanol–water partition coefficient (Wildman–Crippen LogP) is 2.24. The lowest BCUT2D eigenvalue weighted by Crippen LogP contribution is -2.08. The van der Waals surface area contributed by atoms with Crippen molar-refractivity contribution >= 4 is 11.6 Å². The first-order chi connectivity index (χ1) is 6.88. The Morgan fingerprint density at radius 2 is 2.29 bits per heavy atom. The lowest BCUT2D eigenvalue weighted by molar-refractivity contribution is 0.108. The number of nitrogens with zero attached hydrogens (tertiary/aromatic N) is 1. The van der Waals surface area contributed by atoms with E-state index in [4.69, 9.17) is 21.1 Å². The smallest absolute Gasteiger partial charge is 0.217 e. The summed E-state index contributed by atoms with van der Waals surface area (Å²) in [4.78, 5) is 4.08. The second-order valence-electron chi connectivity index (χ2n) is 2.65. The molecule has 0 spiro atoms. The fourth-order valence-electron chi connectivity index (χ4n) is 0.997. The number of pyridine rings is 1. The van der Waals surface area contributed by atoms with Crippen LogP contribution in [0.1, 0.15) is 12.5 Å². The zero-order valence-electron chi connectivity index (χ0n) is 8.20. The summed E-state index contributed by atoms with van der Waals surface area (Å²) in [6, 6.07) is 3.74. The summed E-state index contributed by atoms with van der Waals surface area (Å²) in [5.41, 5.74) is 0.908. The first kappa shape index (κ1) is 11.3. The van der Waals surface area contributed by atoms with Gasteiger partial charge >= 0.3 is 0 Å². The third-order valence-electron chi connectivity index (χ3n) is 1.66. The van der Waals surface area contributed by atoms with E-state index in [-0.39, 0.29) is 0 Å². The number of aromatic nitrogens is 1. The van der Waals surface area contributed by atoms with E-state index < -0.39 is 0 Å². The van der Waals surface area contributed by atoms with Crippen LogP contribution in [0.2, 0.25) is 0 Å². The molecule has 0 amide bonds. The molecule has 0 radical (unpaired) electrons. The standard InChI is InChI=1S/C10H14ClNO2/c1-2-13-6-7-14-10-9(8-11)4-3-5-12-10/h3-5H,2,6-8H2,1H3.